The van der Waals surface area contributed by atoms with E-state index in [9.17, 15) is 4.79 Å². The van der Waals surface area contributed by atoms with Crippen LogP contribution in [0.4, 0.5) is 17.5 Å². The van der Waals surface area contributed by atoms with E-state index >= 15 is 0 Å². The number of esters is 1. The van der Waals surface area contributed by atoms with E-state index in [0.29, 0.717) is 35.5 Å². The smallest absolute Gasteiger partial charge is 0.341 e. The van der Waals surface area contributed by atoms with Gasteiger partial charge >= 0.3 is 5.97 Å². The largest absolute Gasteiger partial charge is 0.496 e. The van der Waals surface area contributed by atoms with E-state index in [1.165, 1.54) is 14.2 Å². The topological polar surface area (TPSA) is 106 Å². The highest BCUT2D eigenvalue weighted by Gasteiger charge is 2.26. The number of nitrogens with zero attached hydrogens (tertiary/aromatic N) is 2. The molecule has 138 valence electrons. The highest BCUT2D eigenvalue weighted by atomic mass is 16.5. The van der Waals surface area contributed by atoms with Gasteiger partial charge in [-0.1, -0.05) is 0 Å². The second-order valence-corrected chi connectivity index (χ2v) is 5.96. The number of carbonyl (C=O) groups is 1. The van der Waals surface area contributed by atoms with Crippen LogP contribution in [-0.4, -0.2) is 48.4 Å². The highest BCUT2D eigenvalue weighted by molar-refractivity contribution is 5.93. The number of hydrogen-bond acceptors (Lipinski definition) is 8. The molecule has 1 fully saturated rings. The molecule has 1 aromatic carbocycles. The molecule has 0 radical (unpaired) electrons. The minimum absolute atomic E-state index is 0.00592. The molecule has 1 saturated carbocycles. The lowest BCUT2D eigenvalue weighted by Crippen LogP contribution is -2.11. The Morgan fingerprint density at radius 2 is 2.08 bits per heavy atom. The maximum absolute atomic E-state index is 11.8. The lowest BCUT2D eigenvalue weighted by atomic mass is 10.1. The minimum Gasteiger partial charge on any atom is -0.496 e. The number of rotatable bonds is 8. The molecule has 8 nitrogen and oxygen atoms in total. The molecule has 0 unspecified atom stereocenters. The summed E-state index contributed by atoms with van der Waals surface area (Å²) < 4.78 is 10.0. The van der Waals surface area contributed by atoms with Gasteiger partial charge in [-0.25, -0.2) is 9.78 Å². The third-order valence-electron chi connectivity index (χ3n) is 4.02. The van der Waals surface area contributed by atoms with E-state index in [2.05, 4.69) is 20.6 Å². The third-order valence-corrected chi connectivity index (χ3v) is 4.02. The number of hydrogen-bond donors (Lipinski definition) is 3. The van der Waals surface area contributed by atoms with Gasteiger partial charge in [0.05, 0.1) is 26.5 Å². The van der Waals surface area contributed by atoms with Gasteiger partial charge in [0.1, 0.15) is 17.1 Å². The Hall–Kier alpha value is -2.87. The number of aliphatic hydroxyl groups is 1. The highest BCUT2D eigenvalue weighted by Crippen LogP contribution is 2.40. The summed E-state index contributed by atoms with van der Waals surface area (Å²) in [5.74, 6) is 1.53. The molecular weight excluding hydrogens is 336 g/mol. The van der Waals surface area contributed by atoms with Gasteiger partial charge < -0.3 is 25.2 Å². The summed E-state index contributed by atoms with van der Waals surface area (Å²) in [5, 5.41) is 15.2. The van der Waals surface area contributed by atoms with Crippen molar-refractivity contribution in [1.29, 1.82) is 0 Å². The summed E-state index contributed by atoms with van der Waals surface area (Å²) in [7, 11) is 2.83. The Morgan fingerprint density at radius 1 is 1.27 bits per heavy atom. The molecule has 8 heteroatoms. The Bertz CT molecular complexity index is 793. The standard InChI is InChI=1S/C18H22N4O4/c1-25-15-9-12(5-6-13(15)17(24)26-2)20-16-10-14(11-3-4-11)21-18(22-16)19-7-8-23/h5-6,9-11,23H,3-4,7-8H2,1-2H3,(H2,19,20,21,22). The number of methoxy groups -OCH3 is 2. The lowest BCUT2D eigenvalue weighted by Gasteiger charge is -2.13. The fourth-order valence-corrected chi connectivity index (χ4v) is 2.56. The molecule has 0 atom stereocenters. The van der Waals surface area contributed by atoms with E-state index in [1.54, 1.807) is 18.2 Å². The first-order chi connectivity index (χ1) is 12.6. The molecular formula is C18H22N4O4. The number of nitrogens with one attached hydrogen (secondary N) is 2. The van der Waals surface area contributed by atoms with Gasteiger partial charge in [-0.15, -0.1) is 0 Å². The Kier molecular flexibility index (Phi) is 5.52. The van der Waals surface area contributed by atoms with Crippen molar-refractivity contribution in [1.82, 2.24) is 9.97 Å². The SMILES string of the molecule is COC(=O)c1ccc(Nc2cc(C3CC3)nc(NCCO)n2)cc1OC. The van der Waals surface area contributed by atoms with Crippen molar-refractivity contribution in [2.75, 3.05) is 38.0 Å². The monoisotopic (exact) mass is 358 g/mol. The van der Waals surface area contributed by atoms with Crippen molar-refractivity contribution >= 4 is 23.4 Å². The Labute approximate surface area is 151 Å². The summed E-state index contributed by atoms with van der Waals surface area (Å²) in [6, 6.07) is 7.03. The summed E-state index contributed by atoms with van der Waals surface area (Å²) in [6.07, 6.45) is 2.25. The second-order valence-electron chi connectivity index (χ2n) is 5.96. The van der Waals surface area contributed by atoms with Crippen LogP contribution in [-0.2, 0) is 4.74 Å². The summed E-state index contributed by atoms with van der Waals surface area (Å²) in [4.78, 5) is 20.7. The van der Waals surface area contributed by atoms with Crippen LogP contribution in [0.25, 0.3) is 0 Å². The second kappa shape index (κ2) is 8.01. The summed E-state index contributed by atoms with van der Waals surface area (Å²) in [5.41, 5.74) is 2.05. The predicted octanol–water partition coefficient (Wildman–Crippen LogP) is 2.30. The fraction of sp³-hybridized carbons (Fsp3) is 0.389. The van der Waals surface area contributed by atoms with Crippen LogP contribution in [0.3, 0.4) is 0 Å². The fourth-order valence-electron chi connectivity index (χ4n) is 2.56. The van der Waals surface area contributed by atoms with Crippen LogP contribution in [0.15, 0.2) is 24.3 Å². The molecule has 3 rings (SSSR count). The number of aromatic nitrogens is 2. The van der Waals surface area contributed by atoms with E-state index in [4.69, 9.17) is 14.6 Å². The maximum atomic E-state index is 11.8. The quantitative estimate of drug-likeness (QED) is 0.617. The summed E-state index contributed by atoms with van der Waals surface area (Å²) >= 11 is 0. The van der Waals surface area contributed by atoms with Gasteiger partial charge in [-0.2, -0.15) is 4.98 Å². The molecule has 0 spiro atoms. The van der Waals surface area contributed by atoms with Gasteiger partial charge in [0.15, 0.2) is 0 Å². The number of ether oxygens (including phenoxy) is 2. The third kappa shape index (κ3) is 4.20. The van der Waals surface area contributed by atoms with Crippen LogP contribution in [0, 0.1) is 0 Å². The van der Waals surface area contributed by atoms with Crippen molar-refractivity contribution in [3.63, 3.8) is 0 Å². The number of aliphatic hydroxyl groups excluding tert-OH is 1. The van der Waals surface area contributed by atoms with Gasteiger partial charge in [0, 0.05) is 30.3 Å². The average molecular weight is 358 g/mol. The van der Waals surface area contributed by atoms with Crippen LogP contribution < -0.4 is 15.4 Å². The Morgan fingerprint density at radius 3 is 2.73 bits per heavy atom. The summed E-state index contributed by atoms with van der Waals surface area (Å²) in [6.45, 7) is 0.390. The number of carbonyl (C=O) groups excluding carboxylic acids is 1. The molecule has 0 saturated heterocycles. The van der Waals surface area contributed by atoms with Gasteiger partial charge in [0.25, 0.3) is 0 Å². The van der Waals surface area contributed by atoms with Crippen molar-refractivity contribution in [3.05, 3.63) is 35.5 Å². The molecule has 1 heterocycles. The van der Waals surface area contributed by atoms with Crippen molar-refractivity contribution in [2.45, 2.75) is 18.8 Å². The van der Waals surface area contributed by atoms with Crippen LogP contribution >= 0.6 is 0 Å². The lowest BCUT2D eigenvalue weighted by molar-refractivity contribution is 0.0597. The maximum Gasteiger partial charge on any atom is 0.341 e. The van der Waals surface area contributed by atoms with Crippen molar-refractivity contribution < 1.29 is 19.4 Å². The van der Waals surface area contributed by atoms with E-state index in [1.807, 2.05) is 6.07 Å². The predicted molar refractivity (Wildman–Crippen MR) is 97.2 cm³/mol. The minimum atomic E-state index is -0.457. The zero-order valence-electron chi connectivity index (χ0n) is 14.8. The zero-order chi connectivity index (χ0) is 18.5. The molecule has 2 aromatic rings. The Balaban J connectivity index is 1.85. The molecule has 1 aromatic heterocycles. The molecule has 0 amide bonds. The normalized spacial score (nSPS) is 13.2. The molecule has 1 aliphatic rings. The molecule has 0 bridgehead atoms. The van der Waals surface area contributed by atoms with Crippen LogP contribution in [0.2, 0.25) is 0 Å². The first-order valence-corrected chi connectivity index (χ1v) is 8.41. The van der Waals surface area contributed by atoms with Crippen molar-refractivity contribution in [3.8, 4) is 5.75 Å². The van der Waals surface area contributed by atoms with E-state index in [0.717, 1.165) is 24.2 Å². The van der Waals surface area contributed by atoms with E-state index in [-0.39, 0.29) is 6.61 Å². The van der Waals surface area contributed by atoms with E-state index < -0.39 is 5.97 Å². The first-order valence-electron chi connectivity index (χ1n) is 8.41. The number of anilines is 3. The first kappa shape index (κ1) is 17.9. The van der Waals surface area contributed by atoms with Gasteiger partial charge in [0.2, 0.25) is 5.95 Å². The van der Waals surface area contributed by atoms with Gasteiger partial charge in [-0.3, -0.25) is 0 Å². The molecule has 1 aliphatic carbocycles. The van der Waals surface area contributed by atoms with Crippen LogP contribution in [0.1, 0.15) is 34.8 Å². The van der Waals surface area contributed by atoms with Gasteiger partial charge in [-0.05, 0) is 25.0 Å². The molecule has 3 N–H and O–H groups in total. The van der Waals surface area contributed by atoms with Crippen LogP contribution in [0.5, 0.6) is 5.75 Å². The molecule has 26 heavy (non-hydrogen) atoms. The average Bonchev–Trinajstić information content (AvgIpc) is 3.50. The molecule has 0 aliphatic heterocycles. The van der Waals surface area contributed by atoms with Crippen molar-refractivity contribution in [2.24, 2.45) is 0 Å². The zero-order valence-corrected chi connectivity index (χ0v) is 14.8. The number of benzene rings is 1.